The normalized spacial score (nSPS) is 13.0. The van der Waals surface area contributed by atoms with Gasteiger partial charge in [0.15, 0.2) is 5.76 Å². The van der Waals surface area contributed by atoms with Gasteiger partial charge in [-0.3, -0.25) is 9.59 Å². The lowest BCUT2D eigenvalue weighted by molar-refractivity contribution is -0.117. The molecule has 0 aliphatic carbocycles. The summed E-state index contributed by atoms with van der Waals surface area (Å²) in [5.41, 5.74) is 4.40. The summed E-state index contributed by atoms with van der Waals surface area (Å²) in [6.07, 6.45) is 1.88. The topological polar surface area (TPSA) is 53.8 Å². The molecule has 142 valence electrons. The molecule has 0 spiro atoms. The molecule has 2 aromatic carbocycles. The highest BCUT2D eigenvalue weighted by Crippen LogP contribution is 2.31. The molecule has 4 rings (SSSR count). The van der Waals surface area contributed by atoms with E-state index in [1.807, 2.05) is 49.4 Å². The van der Waals surface area contributed by atoms with Crippen LogP contribution in [0.5, 0.6) is 0 Å². The second-order valence-electron chi connectivity index (χ2n) is 6.86. The largest absolute Gasteiger partial charge is 0.459 e. The van der Waals surface area contributed by atoms with Gasteiger partial charge in [0.2, 0.25) is 5.91 Å². The molecule has 0 N–H and O–H groups in total. The van der Waals surface area contributed by atoms with Crippen LogP contribution in [0.25, 0.3) is 0 Å². The quantitative estimate of drug-likeness (QED) is 0.592. The predicted octanol–water partition coefficient (Wildman–Crippen LogP) is 4.72. The van der Waals surface area contributed by atoms with Gasteiger partial charge in [-0.15, -0.1) is 0 Å². The molecule has 28 heavy (non-hydrogen) atoms. The molecule has 2 heterocycles. The van der Waals surface area contributed by atoms with Crippen LogP contribution in [0.15, 0.2) is 63.7 Å². The van der Waals surface area contributed by atoms with E-state index in [4.69, 9.17) is 4.42 Å². The Bertz CT molecular complexity index is 1070. The maximum atomic E-state index is 13.0. The zero-order valence-electron chi connectivity index (χ0n) is 15.6. The lowest BCUT2D eigenvalue weighted by Gasteiger charge is -2.20. The van der Waals surface area contributed by atoms with E-state index in [1.54, 1.807) is 22.9 Å². The van der Waals surface area contributed by atoms with Crippen molar-refractivity contribution in [3.05, 3.63) is 81.7 Å². The number of hydrogen-bond acceptors (Lipinski definition) is 3. The number of para-hydroxylation sites is 1. The second-order valence-corrected chi connectivity index (χ2v) is 7.71. The third-order valence-corrected chi connectivity index (χ3v) is 5.92. The highest BCUT2D eigenvalue weighted by molar-refractivity contribution is 9.10. The molecule has 1 aromatic heterocycles. The number of nitrogens with zero attached hydrogens (tertiary/aromatic N) is 2. The van der Waals surface area contributed by atoms with E-state index >= 15 is 0 Å². The van der Waals surface area contributed by atoms with Gasteiger partial charge in [0.1, 0.15) is 0 Å². The minimum absolute atomic E-state index is 0.0256. The van der Waals surface area contributed by atoms with Gasteiger partial charge >= 0.3 is 0 Å². The maximum absolute atomic E-state index is 13.0. The number of carbonyl (C=O) groups excluding carboxylic acids is 2. The number of hydrogen-bond donors (Lipinski definition) is 0. The van der Waals surface area contributed by atoms with Crippen molar-refractivity contribution in [2.75, 3.05) is 16.8 Å². The van der Waals surface area contributed by atoms with Gasteiger partial charge in [0.25, 0.3) is 5.91 Å². The van der Waals surface area contributed by atoms with Crippen LogP contribution >= 0.6 is 15.9 Å². The molecule has 3 aromatic rings. The van der Waals surface area contributed by atoms with Gasteiger partial charge < -0.3 is 14.2 Å². The molecule has 1 aliphatic rings. The Morgan fingerprint density at radius 2 is 2.00 bits per heavy atom. The number of aryl methyl sites for hydroxylation is 1. The first-order chi connectivity index (χ1) is 13.5. The van der Waals surface area contributed by atoms with Crippen molar-refractivity contribution in [3.8, 4) is 0 Å². The molecule has 0 saturated heterocycles. The van der Waals surface area contributed by atoms with E-state index in [2.05, 4.69) is 15.9 Å². The summed E-state index contributed by atoms with van der Waals surface area (Å²) in [5, 5.41) is 0. The summed E-state index contributed by atoms with van der Waals surface area (Å²) in [4.78, 5) is 28.8. The van der Waals surface area contributed by atoms with Crippen LogP contribution in [0, 0.1) is 6.92 Å². The molecule has 0 bridgehead atoms. The molecule has 5 nitrogen and oxygen atoms in total. The number of rotatable bonds is 4. The number of furan rings is 1. The third kappa shape index (κ3) is 3.24. The molecule has 2 amide bonds. The van der Waals surface area contributed by atoms with Crippen molar-refractivity contribution in [1.82, 2.24) is 0 Å². The standard InChI is InChI=1S/C22H19BrN2O3/c1-14-11-17(7-8-18(14)23)24(2)22(27)21-16(9-10-28-21)13-25-19-6-4-3-5-15(19)12-20(25)26/h3-11H,12-13H2,1-2H3. The van der Waals surface area contributed by atoms with Gasteiger partial charge in [0, 0.05) is 28.5 Å². The van der Waals surface area contributed by atoms with Crippen molar-refractivity contribution in [2.24, 2.45) is 0 Å². The molecule has 0 saturated carbocycles. The Morgan fingerprint density at radius 3 is 2.79 bits per heavy atom. The van der Waals surface area contributed by atoms with E-state index in [9.17, 15) is 9.59 Å². The first-order valence-electron chi connectivity index (χ1n) is 8.94. The van der Waals surface area contributed by atoms with Crippen LogP contribution in [0.2, 0.25) is 0 Å². The third-order valence-electron chi connectivity index (χ3n) is 5.03. The highest BCUT2D eigenvalue weighted by atomic mass is 79.9. The SMILES string of the molecule is Cc1cc(N(C)C(=O)c2occc2CN2C(=O)Cc3ccccc32)ccc1Br. The van der Waals surface area contributed by atoms with Crippen LogP contribution < -0.4 is 9.80 Å². The minimum Gasteiger partial charge on any atom is -0.459 e. The fourth-order valence-electron chi connectivity index (χ4n) is 3.41. The molecule has 6 heteroatoms. The Morgan fingerprint density at radius 1 is 1.21 bits per heavy atom. The number of fused-ring (bicyclic) bond motifs is 1. The Kier molecular flexibility index (Phi) is 4.81. The Labute approximate surface area is 171 Å². The summed E-state index contributed by atoms with van der Waals surface area (Å²) in [6, 6.07) is 15.2. The van der Waals surface area contributed by atoms with Gasteiger partial charge in [0.05, 0.1) is 19.2 Å². The van der Waals surface area contributed by atoms with Gasteiger partial charge in [-0.05, 0) is 48.4 Å². The van der Waals surface area contributed by atoms with Gasteiger partial charge in [-0.1, -0.05) is 34.1 Å². The van der Waals surface area contributed by atoms with E-state index in [-0.39, 0.29) is 17.6 Å². The Balaban J connectivity index is 1.60. The van der Waals surface area contributed by atoms with Crippen molar-refractivity contribution < 1.29 is 14.0 Å². The smallest absolute Gasteiger partial charge is 0.294 e. The summed E-state index contributed by atoms with van der Waals surface area (Å²) >= 11 is 3.47. The molecule has 0 atom stereocenters. The van der Waals surface area contributed by atoms with Gasteiger partial charge in [-0.2, -0.15) is 0 Å². The Hall–Kier alpha value is -2.86. The number of carbonyl (C=O) groups is 2. The zero-order chi connectivity index (χ0) is 19.8. The lowest BCUT2D eigenvalue weighted by Crippen LogP contribution is -2.30. The minimum atomic E-state index is -0.248. The van der Waals surface area contributed by atoms with Crippen LogP contribution in [0.1, 0.15) is 27.2 Å². The average molecular weight is 439 g/mol. The maximum Gasteiger partial charge on any atom is 0.294 e. The number of benzene rings is 2. The van der Waals surface area contributed by atoms with Gasteiger partial charge in [-0.25, -0.2) is 0 Å². The number of amides is 2. The van der Waals surface area contributed by atoms with Crippen molar-refractivity contribution in [1.29, 1.82) is 0 Å². The number of halogens is 1. The van der Waals surface area contributed by atoms with Crippen molar-refractivity contribution in [2.45, 2.75) is 19.9 Å². The van der Waals surface area contributed by atoms with Crippen LogP contribution in [-0.4, -0.2) is 18.9 Å². The first-order valence-corrected chi connectivity index (χ1v) is 9.74. The lowest BCUT2D eigenvalue weighted by atomic mass is 10.1. The average Bonchev–Trinajstić information content (AvgIpc) is 3.28. The molecule has 1 aliphatic heterocycles. The molecular weight excluding hydrogens is 420 g/mol. The molecule has 0 fully saturated rings. The zero-order valence-corrected chi connectivity index (χ0v) is 17.2. The van der Waals surface area contributed by atoms with E-state index < -0.39 is 0 Å². The van der Waals surface area contributed by atoms with Crippen LogP contribution in [0.3, 0.4) is 0 Å². The highest BCUT2D eigenvalue weighted by Gasteiger charge is 2.29. The van der Waals surface area contributed by atoms with Crippen LogP contribution in [0.4, 0.5) is 11.4 Å². The molecule has 0 radical (unpaired) electrons. The molecular formula is C22H19BrN2O3. The van der Waals surface area contributed by atoms with E-state index in [1.165, 1.54) is 6.26 Å². The molecule has 0 unspecified atom stereocenters. The van der Waals surface area contributed by atoms with Crippen LogP contribution in [-0.2, 0) is 17.8 Å². The fourth-order valence-corrected chi connectivity index (χ4v) is 3.66. The van der Waals surface area contributed by atoms with E-state index in [0.29, 0.717) is 18.5 Å². The fraction of sp³-hybridized carbons (Fsp3) is 0.182. The number of anilines is 2. The summed E-state index contributed by atoms with van der Waals surface area (Å²) in [7, 11) is 1.72. The van der Waals surface area contributed by atoms with Crippen molar-refractivity contribution in [3.63, 3.8) is 0 Å². The second kappa shape index (κ2) is 7.28. The van der Waals surface area contributed by atoms with Crippen molar-refractivity contribution >= 4 is 39.1 Å². The monoisotopic (exact) mass is 438 g/mol. The van der Waals surface area contributed by atoms with E-state index in [0.717, 1.165) is 27.0 Å². The summed E-state index contributed by atoms with van der Waals surface area (Å²) in [6.45, 7) is 2.28. The predicted molar refractivity (Wildman–Crippen MR) is 112 cm³/mol. The first kappa shape index (κ1) is 18.5. The summed E-state index contributed by atoms with van der Waals surface area (Å²) in [5.74, 6) is 0.0274. The summed E-state index contributed by atoms with van der Waals surface area (Å²) < 4.78 is 6.51.